The van der Waals surface area contributed by atoms with Crippen LogP contribution in [0.5, 0.6) is 0 Å². The molecular weight excluding hydrogens is 153 g/mol. The zero-order valence-corrected chi connectivity index (χ0v) is 6.05. The molecule has 0 aliphatic rings. The SMILES string of the molecule is C=C(F)F.O=C(O)O.[CH-]=C.[Li+]. The summed E-state index contributed by atoms with van der Waals surface area (Å²) in [7, 11) is 0. The molecule has 0 aromatic heterocycles. The summed E-state index contributed by atoms with van der Waals surface area (Å²) in [4.78, 5) is 8.56. The van der Waals surface area contributed by atoms with Crippen molar-refractivity contribution in [3.63, 3.8) is 0 Å². The molecule has 0 rings (SSSR count). The Labute approximate surface area is 75.2 Å². The van der Waals surface area contributed by atoms with Gasteiger partial charge in [-0.15, -0.1) is 0 Å². The van der Waals surface area contributed by atoms with Gasteiger partial charge in [0, 0.05) is 0 Å². The van der Waals surface area contributed by atoms with Gasteiger partial charge in [-0.2, -0.15) is 8.78 Å². The first kappa shape index (κ1) is 22.5. The quantitative estimate of drug-likeness (QED) is 0.361. The molecule has 2 N–H and O–H groups in total. The molecule has 0 aliphatic heterocycles. The zero-order valence-electron chi connectivity index (χ0n) is 6.05. The Morgan fingerprint density at radius 3 is 1.27 bits per heavy atom. The van der Waals surface area contributed by atoms with Gasteiger partial charge in [0.15, 0.2) is 0 Å². The van der Waals surface area contributed by atoms with Gasteiger partial charge in [0.2, 0.25) is 0 Å². The Bertz CT molecular complexity index is 87.9. The molecule has 0 saturated heterocycles. The maximum absolute atomic E-state index is 10.1. The second kappa shape index (κ2) is 22.9. The van der Waals surface area contributed by atoms with E-state index >= 15 is 0 Å². The van der Waals surface area contributed by atoms with Gasteiger partial charge in [0.25, 0.3) is 6.08 Å². The molecular formula is C5H7F2LiO3. The predicted molar refractivity (Wildman–Crippen MR) is 31.9 cm³/mol. The van der Waals surface area contributed by atoms with Crippen molar-refractivity contribution in [2.75, 3.05) is 0 Å². The maximum Gasteiger partial charge on any atom is 1.00 e. The summed E-state index contributed by atoms with van der Waals surface area (Å²) in [6, 6.07) is 0. The normalized spacial score (nSPS) is 4.91. The van der Waals surface area contributed by atoms with Crippen molar-refractivity contribution in [2.24, 2.45) is 0 Å². The van der Waals surface area contributed by atoms with Crippen LogP contribution in [-0.4, -0.2) is 16.4 Å². The molecule has 0 heterocycles. The van der Waals surface area contributed by atoms with Crippen molar-refractivity contribution >= 4 is 6.16 Å². The van der Waals surface area contributed by atoms with E-state index in [4.69, 9.17) is 15.0 Å². The number of halogens is 2. The third-order valence-electron chi connectivity index (χ3n) is 0. The molecule has 3 nitrogen and oxygen atoms in total. The van der Waals surface area contributed by atoms with Gasteiger partial charge in [-0.1, -0.05) is 0 Å². The Balaban J connectivity index is -0.0000000339. The summed E-state index contributed by atoms with van der Waals surface area (Å²) >= 11 is 0. The van der Waals surface area contributed by atoms with Gasteiger partial charge < -0.3 is 16.8 Å². The molecule has 0 radical (unpaired) electrons. The number of carbonyl (C=O) groups is 1. The summed E-state index contributed by atoms with van der Waals surface area (Å²) in [6.07, 6.45) is -3.67. The first-order valence-electron chi connectivity index (χ1n) is 1.79. The van der Waals surface area contributed by atoms with Crippen LogP contribution in [0.2, 0.25) is 0 Å². The van der Waals surface area contributed by atoms with Gasteiger partial charge in [-0.3, -0.25) is 6.58 Å². The molecule has 0 atom stereocenters. The first-order chi connectivity index (χ1) is 4.46. The molecule has 0 amide bonds. The third-order valence-corrected chi connectivity index (χ3v) is 0. The standard InChI is InChI=1S/C2H2F2.C2H3.CH2O3.Li/c1-2(3)4;1-2;2-1(3)4;/h1H2;1H,2H2;(H2,2,3,4);/q;-1;;+1. The van der Waals surface area contributed by atoms with E-state index in [9.17, 15) is 8.78 Å². The van der Waals surface area contributed by atoms with Crippen molar-refractivity contribution in [1.29, 1.82) is 0 Å². The van der Waals surface area contributed by atoms with Crippen LogP contribution in [0.3, 0.4) is 0 Å². The molecule has 0 aromatic carbocycles. The van der Waals surface area contributed by atoms with Crippen LogP contribution in [0.1, 0.15) is 0 Å². The molecule has 0 fully saturated rings. The third kappa shape index (κ3) is 761. The predicted octanol–water partition coefficient (Wildman–Crippen LogP) is -0.772. The van der Waals surface area contributed by atoms with Gasteiger partial charge in [0.05, 0.1) is 0 Å². The van der Waals surface area contributed by atoms with Crippen molar-refractivity contribution < 1.29 is 42.6 Å². The van der Waals surface area contributed by atoms with E-state index in [-0.39, 0.29) is 18.9 Å². The van der Waals surface area contributed by atoms with E-state index in [1.807, 2.05) is 0 Å². The minimum absolute atomic E-state index is 0. The Kier molecular flexibility index (Phi) is 46.7. The van der Waals surface area contributed by atoms with Gasteiger partial charge in [-0.25, -0.2) is 4.79 Å². The van der Waals surface area contributed by atoms with E-state index in [1.54, 1.807) is 0 Å². The smallest absolute Gasteiger partial charge is 0.521 e. The fourth-order valence-electron chi connectivity index (χ4n) is 0. The topological polar surface area (TPSA) is 57.5 Å². The minimum atomic E-state index is -1.83. The summed E-state index contributed by atoms with van der Waals surface area (Å²) in [5.74, 6) is 0. The minimum Gasteiger partial charge on any atom is -0.521 e. The number of rotatable bonds is 0. The van der Waals surface area contributed by atoms with Crippen molar-refractivity contribution in [3.8, 4) is 0 Å². The second-order valence-electron chi connectivity index (χ2n) is 0.621. The van der Waals surface area contributed by atoms with Crippen LogP contribution in [0, 0.1) is 6.58 Å². The molecule has 0 bridgehead atoms. The molecule has 0 spiro atoms. The maximum atomic E-state index is 10.1. The van der Waals surface area contributed by atoms with E-state index in [1.165, 1.54) is 0 Å². The van der Waals surface area contributed by atoms with E-state index in [2.05, 4.69) is 19.7 Å². The molecule has 0 aliphatic carbocycles. The molecule has 11 heavy (non-hydrogen) atoms. The van der Waals surface area contributed by atoms with E-state index in [0.717, 1.165) is 0 Å². The Morgan fingerprint density at radius 1 is 1.27 bits per heavy atom. The zero-order chi connectivity index (χ0) is 9.15. The van der Waals surface area contributed by atoms with Crippen LogP contribution in [0.15, 0.2) is 19.2 Å². The number of hydrogen-bond acceptors (Lipinski definition) is 1. The number of hydrogen-bond donors (Lipinski definition) is 2. The molecule has 6 heteroatoms. The van der Waals surface area contributed by atoms with Crippen LogP contribution in [0.4, 0.5) is 13.6 Å². The number of carboxylic acid groups (broad SMARTS) is 2. The summed E-state index contributed by atoms with van der Waals surface area (Å²) < 4.78 is 20.3. The van der Waals surface area contributed by atoms with Crippen molar-refractivity contribution in [1.82, 2.24) is 0 Å². The van der Waals surface area contributed by atoms with Gasteiger partial charge in [0.1, 0.15) is 0 Å². The second-order valence-corrected chi connectivity index (χ2v) is 0.621. The largest absolute Gasteiger partial charge is 1.00 e. The fraction of sp³-hybridized carbons (Fsp3) is 0. The molecule has 60 valence electrons. The summed E-state index contributed by atoms with van der Waals surface area (Å²) in [5.41, 5.74) is 0. The monoisotopic (exact) mass is 160 g/mol. The van der Waals surface area contributed by atoms with Crippen LogP contribution >= 0.6 is 0 Å². The Morgan fingerprint density at radius 2 is 1.27 bits per heavy atom. The molecule has 0 saturated carbocycles. The first-order valence-corrected chi connectivity index (χ1v) is 1.79. The molecule has 0 aromatic rings. The Hall–Kier alpha value is -0.793. The van der Waals surface area contributed by atoms with Crippen LogP contribution in [0.25, 0.3) is 0 Å². The summed E-state index contributed by atoms with van der Waals surface area (Å²) in [5, 5.41) is 13.9. The van der Waals surface area contributed by atoms with Gasteiger partial charge >= 0.3 is 25.0 Å². The van der Waals surface area contributed by atoms with E-state index < -0.39 is 12.2 Å². The van der Waals surface area contributed by atoms with Crippen molar-refractivity contribution in [2.45, 2.75) is 0 Å². The van der Waals surface area contributed by atoms with E-state index in [0.29, 0.717) is 0 Å². The average molecular weight is 160 g/mol. The summed E-state index contributed by atoms with van der Waals surface area (Å²) in [6.45, 7) is 9.22. The van der Waals surface area contributed by atoms with Crippen LogP contribution in [-0.2, 0) is 0 Å². The average Bonchev–Trinajstić information content (AvgIpc) is 1.66. The van der Waals surface area contributed by atoms with Crippen LogP contribution < -0.4 is 18.9 Å². The van der Waals surface area contributed by atoms with Gasteiger partial charge in [-0.05, 0) is 6.58 Å². The van der Waals surface area contributed by atoms with Crippen molar-refractivity contribution in [3.05, 3.63) is 25.8 Å². The fourth-order valence-corrected chi connectivity index (χ4v) is 0. The molecule has 0 unspecified atom stereocenters.